The van der Waals surface area contributed by atoms with E-state index in [4.69, 9.17) is 14.3 Å². The summed E-state index contributed by atoms with van der Waals surface area (Å²) in [5.74, 6) is 1.74. The van der Waals surface area contributed by atoms with E-state index in [1.165, 1.54) is 5.56 Å². The number of carboxylic acid groups (broad SMARTS) is 1. The van der Waals surface area contributed by atoms with Gasteiger partial charge in [0.15, 0.2) is 0 Å². The number of hydrogen-bond donors (Lipinski definition) is 2. The molecule has 1 aliphatic rings. The maximum absolute atomic E-state index is 11.0. The minimum absolute atomic E-state index is 0.104. The van der Waals surface area contributed by atoms with Crippen molar-refractivity contribution < 1.29 is 24.2 Å². The lowest BCUT2D eigenvalue weighted by Gasteiger charge is -2.10. The molecule has 1 heterocycles. The Morgan fingerprint density at radius 3 is 2.77 bits per heavy atom. The van der Waals surface area contributed by atoms with Crippen LogP contribution in [0.5, 0.6) is 11.5 Å². The number of carbonyl (C=O) groups is 1. The molecule has 3 aromatic rings. The van der Waals surface area contributed by atoms with E-state index < -0.39 is 5.97 Å². The van der Waals surface area contributed by atoms with Gasteiger partial charge < -0.3 is 19.4 Å². The number of aromatic nitrogens is 1. The Morgan fingerprint density at radius 2 is 2.03 bits per heavy atom. The molecular formula is C24H25NO5. The molecule has 6 nitrogen and oxygen atoms in total. The second-order valence-electron chi connectivity index (χ2n) is 7.58. The molecule has 156 valence electrons. The molecule has 0 radical (unpaired) electrons. The highest BCUT2D eigenvalue weighted by atomic mass is 16.5. The van der Waals surface area contributed by atoms with Crippen molar-refractivity contribution in [2.45, 2.75) is 44.9 Å². The van der Waals surface area contributed by atoms with Crippen LogP contribution >= 0.6 is 0 Å². The van der Waals surface area contributed by atoms with E-state index >= 15 is 0 Å². The van der Waals surface area contributed by atoms with Gasteiger partial charge in [0.05, 0.1) is 18.7 Å². The smallest absolute Gasteiger partial charge is 0.303 e. The van der Waals surface area contributed by atoms with Crippen LogP contribution in [0, 0.1) is 0 Å². The lowest BCUT2D eigenvalue weighted by Crippen LogP contribution is -2.05. The van der Waals surface area contributed by atoms with E-state index in [0.29, 0.717) is 18.9 Å². The molecule has 1 aromatic heterocycles. The quantitative estimate of drug-likeness (QED) is 0.560. The Bertz CT molecular complexity index is 1040. The number of phenols is 1. The average molecular weight is 407 g/mol. The molecule has 1 aliphatic carbocycles. The first-order valence-electron chi connectivity index (χ1n) is 10.3. The van der Waals surface area contributed by atoms with E-state index in [9.17, 15) is 9.90 Å². The SMILES string of the molecule is CCc1oc(-c2ccc(O)cc2)nc1CCOc1ccc2c(c1)CC[C@@H]2CC(=O)O. The van der Waals surface area contributed by atoms with Crippen molar-refractivity contribution in [3.05, 3.63) is 65.0 Å². The van der Waals surface area contributed by atoms with Gasteiger partial charge in [-0.3, -0.25) is 4.79 Å². The first-order valence-corrected chi connectivity index (χ1v) is 10.3. The van der Waals surface area contributed by atoms with Crippen LogP contribution in [-0.2, 0) is 24.1 Å². The van der Waals surface area contributed by atoms with Crippen LogP contribution in [0.3, 0.4) is 0 Å². The summed E-state index contributed by atoms with van der Waals surface area (Å²) < 4.78 is 11.9. The van der Waals surface area contributed by atoms with E-state index in [0.717, 1.165) is 47.6 Å². The van der Waals surface area contributed by atoms with Crippen LogP contribution in [0.2, 0.25) is 0 Å². The number of ether oxygens (including phenoxy) is 1. The number of fused-ring (bicyclic) bond motifs is 1. The fourth-order valence-corrected chi connectivity index (χ4v) is 4.04. The first kappa shape index (κ1) is 20.0. The molecule has 0 spiro atoms. The summed E-state index contributed by atoms with van der Waals surface area (Å²) in [5, 5.41) is 18.5. The minimum Gasteiger partial charge on any atom is -0.508 e. The monoisotopic (exact) mass is 407 g/mol. The Hall–Kier alpha value is -3.28. The maximum atomic E-state index is 11.0. The third-order valence-corrected chi connectivity index (χ3v) is 5.56. The maximum Gasteiger partial charge on any atom is 0.303 e. The van der Waals surface area contributed by atoms with Crippen molar-refractivity contribution in [1.82, 2.24) is 4.98 Å². The van der Waals surface area contributed by atoms with E-state index in [2.05, 4.69) is 4.98 Å². The fourth-order valence-electron chi connectivity index (χ4n) is 4.04. The number of phenolic OH excluding ortho intramolecular Hbond substituents is 1. The fraction of sp³-hybridized carbons (Fsp3) is 0.333. The van der Waals surface area contributed by atoms with E-state index in [-0.39, 0.29) is 18.1 Å². The van der Waals surface area contributed by atoms with Crippen LogP contribution in [0.25, 0.3) is 11.5 Å². The second-order valence-corrected chi connectivity index (χ2v) is 7.58. The minimum atomic E-state index is -0.751. The number of carboxylic acids is 1. The zero-order chi connectivity index (χ0) is 21.1. The van der Waals surface area contributed by atoms with Gasteiger partial charge in [-0.15, -0.1) is 0 Å². The number of nitrogens with zero attached hydrogens (tertiary/aromatic N) is 1. The number of hydrogen-bond acceptors (Lipinski definition) is 5. The van der Waals surface area contributed by atoms with Crippen molar-refractivity contribution in [2.75, 3.05) is 6.61 Å². The van der Waals surface area contributed by atoms with Crippen LogP contribution in [0.1, 0.15) is 48.3 Å². The van der Waals surface area contributed by atoms with Crippen molar-refractivity contribution in [3.8, 4) is 23.0 Å². The largest absolute Gasteiger partial charge is 0.508 e. The standard InChI is InChI=1S/C24H25NO5/c1-2-22-21(25-24(30-22)15-5-7-18(26)8-6-15)11-12-29-19-9-10-20-16(13-19)3-4-17(20)14-23(27)28/h5-10,13,17,26H,2-4,11-12,14H2,1H3,(H,27,28)/t17-/m1/s1. The van der Waals surface area contributed by atoms with Crippen molar-refractivity contribution in [3.63, 3.8) is 0 Å². The lowest BCUT2D eigenvalue weighted by molar-refractivity contribution is -0.137. The number of rotatable bonds is 8. The molecule has 2 N–H and O–H groups in total. The Balaban J connectivity index is 1.40. The summed E-state index contributed by atoms with van der Waals surface area (Å²) >= 11 is 0. The van der Waals surface area contributed by atoms with Crippen molar-refractivity contribution in [1.29, 1.82) is 0 Å². The third kappa shape index (κ3) is 4.32. The van der Waals surface area contributed by atoms with Gasteiger partial charge in [-0.25, -0.2) is 4.98 Å². The van der Waals surface area contributed by atoms with Gasteiger partial charge in [-0.1, -0.05) is 13.0 Å². The third-order valence-electron chi connectivity index (χ3n) is 5.56. The molecule has 1 atom stereocenters. The lowest BCUT2D eigenvalue weighted by atomic mass is 9.98. The summed E-state index contributed by atoms with van der Waals surface area (Å²) in [4.78, 5) is 15.6. The van der Waals surface area contributed by atoms with E-state index in [1.807, 2.05) is 25.1 Å². The first-order chi connectivity index (χ1) is 14.5. The molecular weight excluding hydrogens is 382 g/mol. The second kappa shape index (κ2) is 8.61. The predicted octanol–water partition coefficient (Wildman–Crippen LogP) is 4.74. The summed E-state index contributed by atoms with van der Waals surface area (Å²) in [6.07, 6.45) is 3.32. The van der Waals surface area contributed by atoms with Gasteiger partial charge in [0.25, 0.3) is 0 Å². The Labute approximate surface area is 175 Å². The molecule has 0 saturated carbocycles. The Kier molecular flexibility index (Phi) is 5.74. The molecule has 0 unspecified atom stereocenters. The summed E-state index contributed by atoms with van der Waals surface area (Å²) in [5.41, 5.74) is 4.02. The van der Waals surface area contributed by atoms with Crippen LogP contribution < -0.4 is 4.74 Å². The van der Waals surface area contributed by atoms with Gasteiger partial charge in [0, 0.05) is 18.4 Å². The van der Waals surface area contributed by atoms with Crippen LogP contribution in [-0.4, -0.2) is 27.8 Å². The predicted molar refractivity (Wildman–Crippen MR) is 112 cm³/mol. The topological polar surface area (TPSA) is 92.8 Å². The number of benzene rings is 2. The molecule has 0 saturated heterocycles. The highest BCUT2D eigenvalue weighted by Crippen LogP contribution is 2.37. The van der Waals surface area contributed by atoms with Crippen molar-refractivity contribution in [2.24, 2.45) is 0 Å². The van der Waals surface area contributed by atoms with Gasteiger partial charge in [-0.05, 0) is 66.3 Å². The highest BCUT2D eigenvalue weighted by Gasteiger charge is 2.25. The van der Waals surface area contributed by atoms with E-state index in [1.54, 1.807) is 24.3 Å². The zero-order valence-electron chi connectivity index (χ0n) is 16.9. The number of aryl methyl sites for hydroxylation is 2. The summed E-state index contributed by atoms with van der Waals surface area (Å²) in [7, 11) is 0. The number of oxazole rings is 1. The zero-order valence-corrected chi connectivity index (χ0v) is 16.9. The molecule has 4 rings (SSSR count). The van der Waals surface area contributed by atoms with Crippen LogP contribution in [0.15, 0.2) is 46.9 Å². The van der Waals surface area contributed by atoms with Gasteiger partial charge in [-0.2, -0.15) is 0 Å². The molecule has 0 bridgehead atoms. The van der Waals surface area contributed by atoms with Gasteiger partial charge in [0.1, 0.15) is 17.3 Å². The average Bonchev–Trinajstić information content (AvgIpc) is 3.32. The molecule has 30 heavy (non-hydrogen) atoms. The molecule has 0 amide bonds. The highest BCUT2D eigenvalue weighted by molar-refractivity contribution is 5.68. The molecule has 2 aromatic carbocycles. The van der Waals surface area contributed by atoms with Crippen LogP contribution in [0.4, 0.5) is 0 Å². The summed E-state index contributed by atoms with van der Waals surface area (Å²) in [6.45, 7) is 2.51. The molecule has 0 aliphatic heterocycles. The number of aliphatic carboxylic acids is 1. The number of aromatic hydroxyl groups is 1. The Morgan fingerprint density at radius 1 is 1.23 bits per heavy atom. The molecule has 0 fully saturated rings. The van der Waals surface area contributed by atoms with Gasteiger partial charge in [0.2, 0.25) is 5.89 Å². The normalized spacial score (nSPS) is 15.2. The molecule has 6 heteroatoms. The van der Waals surface area contributed by atoms with Gasteiger partial charge >= 0.3 is 5.97 Å². The summed E-state index contributed by atoms with van der Waals surface area (Å²) in [6, 6.07) is 12.7. The van der Waals surface area contributed by atoms with Crippen molar-refractivity contribution >= 4 is 5.97 Å².